The molecule has 0 aliphatic carbocycles. The first-order valence-electron chi connectivity index (χ1n) is 8.96. The average Bonchev–Trinajstić information content (AvgIpc) is 3.07. The van der Waals surface area contributed by atoms with Gasteiger partial charge >= 0.3 is 162 Å². The van der Waals surface area contributed by atoms with Crippen molar-refractivity contribution in [3.05, 3.63) is 95.6 Å². The van der Waals surface area contributed by atoms with Gasteiger partial charge in [0.1, 0.15) is 0 Å². The van der Waals surface area contributed by atoms with Gasteiger partial charge in [-0.25, -0.2) is 0 Å². The first kappa shape index (κ1) is 17.1. The second-order valence-electron chi connectivity index (χ2n) is 6.86. The zero-order valence-corrected chi connectivity index (χ0v) is 17.1. The molecule has 0 spiro atoms. The van der Waals surface area contributed by atoms with E-state index in [-0.39, 0.29) is 0 Å². The van der Waals surface area contributed by atoms with E-state index in [4.69, 9.17) is 0 Å². The summed E-state index contributed by atoms with van der Waals surface area (Å²) in [6.45, 7) is 6.67. The molecular formula is C25H22Se. The van der Waals surface area contributed by atoms with Crippen molar-refractivity contribution in [3.8, 4) is 31.1 Å². The van der Waals surface area contributed by atoms with E-state index in [0.717, 1.165) is 0 Å². The van der Waals surface area contributed by atoms with E-state index in [1.54, 1.807) is 0 Å². The Morgan fingerprint density at radius 2 is 1.15 bits per heavy atom. The molecule has 0 amide bonds. The Hall–Kier alpha value is -2.34. The van der Waals surface area contributed by atoms with Crippen molar-refractivity contribution in [2.75, 3.05) is 0 Å². The van der Waals surface area contributed by atoms with Crippen molar-refractivity contribution in [2.45, 2.75) is 20.8 Å². The van der Waals surface area contributed by atoms with Crippen LogP contribution in [0.15, 0.2) is 78.9 Å². The molecule has 0 nitrogen and oxygen atoms in total. The van der Waals surface area contributed by atoms with Crippen LogP contribution < -0.4 is 0 Å². The molecule has 128 valence electrons. The van der Waals surface area contributed by atoms with E-state index in [1.807, 2.05) is 0 Å². The molecule has 1 aromatic heterocycles. The molecule has 0 bridgehead atoms. The normalized spacial score (nSPS) is 10.9. The minimum atomic E-state index is 0.307. The molecule has 1 heterocycles. The van der Waals surface area contributed by atoms with Gasteiger partial charge in [0.25, 0.3) is 0 Å². The third-order valence-corrected chi connectivity index (χ3v) is 7.36. The van der Waals surface area contributed by atoms with Gasteiger partial charge in [-0.2, -0.15) is 0 Å². The Labute approximate surface area is 161 Å². The van der Waals surface area contributed by atoms with Gasteiger partial charge in [0.15, 0.2) is 0 Å². The monoisotopic (exact) mass is 402 g/mol. The maximum absolute atomic E-state index is 2.43. The Bertz CT molecular complexity index is 1020. The second-order valence-corrected chi connectivity index (χ2v) is 9.07. The molecule has 0 aliphatic rings. The van der Waals surface area contributed by atoms with Crippen LogP contribution in [0.3, 0.4) is 0 Å². The number of hydrogen-bond donors (Lipinski definition) is 0. The predicted octanol–water partition coefficient (Wildman–Crippen LogP) is 6.67. The van der Waals surface area contributed by atoms with E-state index in [2.05, 4.69) is 99.6 Å². The summed E-state index contributed by atoms with van der Waals surface area (Å²) < 4.78 is 2.96. The molecule has 26 heavy (non-hydrogen) atoms. The SMILES string of the molecule is Cc1cc(C)c(-c2cc(-c3ccccc3)[se]c2-c2ccccc2)c(C)c1. The number of rotatable bonds is 3. The fourth-order valence-corrected chi connectivity index (χ4v) is 6.20. The molecule has 4 aromatic rings. The molecule has 0 saturated carbocycles. The molecule has 0 radical (unpaired) electrons. The predicted molar refractivity (Wildman–Crippen MR) is 114 cm³/mol. The number of benzene rings is 3. The molecular weight excluding hydrogens is 379 g/mol. The fourth-order valence-electron chi connectivity index (χ4n) is 3.73. The summed E-state index contributed by atoms with van der Waals surface area (Å²) in [5, 5.41) is 0. The fraction of sp³-hybridized carbons (Fsp3) is 0.120. The van der Waals surface area contributed by atoms with Gasteiger partial charge in [-0.1, -0.05) is 0 Å². The first-order chi connectivity index (χ1) is 12.6. The van der Waals surface area contributed by atoms with Crippen molar-refractivity contribution in [1.82, 2.24) is 0 Å². The van der Waals surface area contributed by atoms with Crippen molar-refractivity contribution in [3.63, 3.8) is 0 Å². The molecule has 1 heteroatoms. The van der Waals surface area contributed by atoms with Gasteiger partial charge in [0.2, 0.25) is 0 Å². The van der Waals surface area contributed by atoms with Crippen molar-refractivity contribution < 1.29 is 0 Å². The van der Waals surface area contributed by atoms with Crippen LogP contribution in [0.25, 0.3) is 31.1 Å². The summed E-state index contributed by atoms with van der Waals surface area (Å²) in [6.07, 6.45) is 0. The van der Waals surface area contributed by atoms with Crippen molar-refractivity contribution >= 4 is 14.5 Å². The van der Waals surface area contributed by atoms with Crippen LogP contribution in [-0.4, -0.2) is 14.5 Å². The van der Waals surface area contributed by atoms with Crippen molar-refractivity contribution in [2.24, 2.45) is 0 Å². The van der Waals surface area contributed by atoms with Crippen LogP contribution in [0.1, 0.15) is 16.7 Å². The summed E-state index contributed by atoms with van der Waals surface area (Å²) >= 11 is 0.307. The zero-order chi connectivity index (χ0) is 18.1. The van der Waals surface area contributed by atoms with Gasteiger partial charge < -0.3 is 0 Å². The molecule has 3 aromatic carbocycles. The van der Waals surface area contributed by atoms with Gasteiger partial charge in [0, 0.05) is 0 Å². The maximum atomic E-state index is 2.43. The minimum absolute atomic E-state index is 0.307. The Morgan fingerprint density at radius 3 is 1.73 bits per heavy atom. The molecule has 0 N–H and O–H groups in total. The standard InChI is InChI=1S/C25H22Se/c1-17-14-18(2)24(19(3)15-17)22-16-23(20-10-6-4-7-11-20)26-25(22)21-12-8-5-9-13-21/h4-16H,1-3H3. The number of hydrogen-bond acceptors (Lipinski definition) is 0. The van der Waals surface area contributed by atoms with Crippen LogP contribution >= 0.6 is 0 Å². The molecule has 0 atom stereocenters. The van der Waals surface area contributed by atoms with Gasteiger partial charge in [0.05, 0.1) is 0 Å². The summed E-state index contributed by atoms with van der Waals surface area (Å²) in [7, 11) is 0. The summed E-state index contributed by atoms with van der Waals surface area (Å²) in [5.74, 6) is 0. The van der Waals surface area contributed by atoms with Gasteiger partial charge in [-0.05, 0) is 0 Å². The summed E-state index contributed by atoms with van der Waals surface area (Å²) in [5.41, 5.74) is 9.58. The Balaban J connectivity index is 1.98. The molecule has 0 saturated heterocycles. The topological polar surface area (TPSA) is 0 Å². The molecule has 0 unspecified atom stereocenters. The third-order valence-electron chi connectivity index (χ3n) is 4.77. The third kappa shape index (κ3) is 3.21. The quantitative estimate of drug-likeness (QED) is 0.336. The first-order valence-corrected chi connectivity index (χ1v) is 10.7. The van der Waals surface area contributed by atoms with Crippen LogP contribution in [0.4, 0.5) is 0 Å². The van der Waals surface area contributed by atoms with E-state index >= 15 is 0 Å². The van der Waals surface area contributed by atoms with Crippen LogP contribution in [0, 0.1) is 20.8 Å². The van der Waals surface area contributed by atoms with Crippen LogP contribution in [-0.2, 0) is 0 Å². The summed E-state index contributed by atoms with van der Waals surface area (Å²) in [6, 6.07) is 28.7. The molecule has 4 rings (SSSR count). The zero-order valence-electron chi connectivity index (χ0n) is 15.4. The van der Waals surface area contributed by atoms with Crippen LogP contribution in [0.2, 0.25) is 0 Å². The summed E-state index contributed by atoms with van der Waals surface area (Å²) in [4.78, 5) is 0. The average molecular weight is 401 g/mol. The van der Waals surface area contributed by atoms with Crippen LogP contribution in [0.5, 0.6) is 0 Å². The molecule has 0 fully saturated rings. The van der Waals surface area contributed by atoms with E-state index in [0.29, 0.717) is 14.5 Å². The van der Waals surface area contributed by atoms with E-state index in [9.17, 15) is 0 Å². The van der Waals surface area contributed by atoms with E-state index in [1.165, 1.54) is 47.8 Å². The van der Waals surface area contributed by atoms with Gasteiger partial charge in [-0.3, -0.25) is 0 Å². The van der Waals surface area contributed by atoms with E-state index < -0.39 is 0 Å². The second kappa shape index (κ2) is 7.11. The number of aryl methyl sites for hydroxylation is 3. The van der Waals surface area contributed by atoms with Gasteiger partial charge in [-0.15, -0.1) is 0 Å². The molecule has 0 aliphatic heterocycles. The Kier molecular flexibility index (Phi) is 4.68. The Morgan fingerprint density at radius 1 is 0.615 bits per heavy atom. The van der Waals surface area contributed by atoms with Crippen molar-refractivity contribution in [1.29, 1.82) is 0 Å².